The lowest BCUT2D eigenvalue weighted by molar-refractivity contribution is -0.123. The smallest absolute Gasteiger partial charge is 0.230 e. The van der Waals surface area contributed by atoms with Crippen molar-refractivity contribution in [2.45, 2.75) is 19.3 Å². The maximum atomic E-state index is 12.5. The summed E-state index contributed by atoms with van der Waals surface area (Å²) in [5.74, 6) is 0.452. The van der Waals surface area contributed by atoms with Gasteiger partial charge in [0.05, 0.1) is 0 Å². The maximum absolute atomic E-state index is 12.5. The first-order valence-corrected chi connectivity index (χ1v) is 6.94. The Hall–Kier alpha value is -1.06. The monoisotopic (exact) mass is 264 g/mol. The summed E-state index contributed by atoms with van der Waals surface area (Å²) >= 11 is 6.03. The van der Waals surface area contributed by atoms with Gasteiger partial charge in [0.2, 0.25) is 5.91 Å². The molecule has 3 nitrogen and oxygen atoms in total. The first-order valence-electron chi connectivity index (χ1n) is 6.56. The van der Waals surface area contributed by atoms with Crippen molar-refractivity contribution in [2.75, 3.05) is 24.5 Å². The fourth-order valence-corrected chi connectivity index (χ4v) is 3.04. The number of nitrogens with one attached hydrogen (secondary N) is 1. The van der Waals surface area contributed by atoms with Crippen LogP contribution in [-0.4, -0.2) is 25.5 Å². The molecule has 0 aliphatic carbocycles. The van der Waals surface area contributed by atoms with Crippen molar-refractivity contribution >= 4 is 23.2 Å². The molecule has 0 saturated carbocycles. The number of amides is 1. The molecular formula is C14H17ClN2O. The van der Waals surface area contributed by atoms with E-state index in [1.807, 2.05) is 23.1 Å². The highest BCUT2D eigenvalue weighted by molar-refractivity contribution is 6.31. The zero-order chi connectivity index (χ0) is 12.5. The maximum Gasteiger partial charge on any atom is 0.230 e. The third-order valence-electron chi connectivity index (χ3n) is 3.90. The van der Waals surface area contributed by atoms with Crippen LogP contribution in [0.3, 0.4) is 0 Å². The quantitative estimate of drug-likeness (QED) is 0.844. The Balaban J connectivity index is 1.82. The summed E-state index contributed by atoms with van der Waals surface area (Å²) in [6, 6.07) is 5.86. The number of halogens is 1. The van der Waals surface area contributed by atoms with Crippen molar-refractivity contribution in [2.24, 2.45) is 5.92 Å². The van der Waals surface area contributed by atoms with E-state index < -0.39 is 0 Å². The van der Waals surface area contributed by atoms with Crippen molar-refractivity contribution in [1.82, 2.24) is 5.32 Å². The molecule has 1 amide bonds. The second kappa shape index (κ2) is 4.90. The van der Waals surface area contributed by atoms with Gasteiger partial charge in [0.1, 0.15) is 0 Å². The normalized spacial score (nSPS) is 19.9. The van der Waals surface area contributed by atoms with Gasteiger partial charge < -0.3 is 10.2 Å². The van der Waals surface area contributed by atoms with E-state index in [4.69, 9.17) is 11.6 Å². The van der Waals surface area contributed by atoms with Crippen molar-refractivity contribution in [3.05, 3.63) is 28.8 Å². The van der Waals surface area contributed by atoms with Gasteiger partial charge in [-0.1, -0.05) is 17.7 Å². The summed E-state index contributed by atoms with van der Waals surface area (Å²) in [6.07, 6.45) is 2.85. The largest absolute Gasteiger partial charge is 0.317 e. The molecule has 1 aromatic rings. The first kappa shape index (κ1) is 12.0. The van der Waals surface area contributed by atoms with Crippen LogP contribution in [0.15, 0.2) is 18.2 Å². The molecular weight excluding hydrogens is 248 g/mol. The van der Waals surface area contributed by atoms with Crippen molar-refractivity contribution in [1.29, 1.82) is 0 Å². The molecule has 3 rings (SSSR count). The van der Waals surface area contributed by atoms with E-state index in [-0.39, 0.29) is 11.8 Å². The van der Waals surface area contributed by atoms with Gasteiger partial charge in [0.15, 0.2) is 0 Å². The average molecular weight is 265 g/mol. The van der Waals surface area contributed by atoms with Crippen molar-refractivity contribution in [3.63, 3.8) is 0 Å². The number of hydrogen-bond acceptors (Lipinski definition) is 2. The number of hydrogen-bond donors (Lipinski definition) is 1. The Kier molecular flexibility index (Phi) is 3.27. The van der Waals surface area contributed by atoms with E-state index in [9.17, 15) is 4.79 Å². The Labute approximate surface area is 112 Å². The number of piperidine rings is 1. The van der Waals surface area contributed by atoms with E-state index in [2.05, 4.69) is 5.32 Å². The lowest BCUT2D eigenvalue weighted by atomic mass is 9.96. The molecule has 1 fully saturated rings. The summed E-state index contributed by atoms with van der Waals surface area (Å²) in [4.78, 5) is 14.5. The van der Waals surface area contributed by atoms with Gasteiger partial charge in [-0.25, -0.2) is 0 Å². The molecule has 4 heteroatoms. The van der Waals surface area contributed by atoms with E-state index in [0.29, 0.717) is 5.02 Å². The molecule has 2 heterocycles. The standard InChI is InChI=1S/C14H17ClN2O/c15-12-2-1-10-5-8-17(13(10)9-12)14(18)11-3-6-16-7-4-11/h1-2,9,11,16H,3-8H2. The van der Waals surface area contributed by atoms with E-state index >= 15 is 0 Å². The highest BCUT2D eigenvalue weighted by atomic mass is 35.5. The Morgan fingerprint density at radius 1 is 1.33 bits per heavy atom. The van der Waals surface area contributed by atoms with Crippen LogP contribution >= 0.6 is 11.6 Å². The molecule has 1 saturated heterocycles. The van der Waals surface area contributed by atoms with Crippen LogP contribution in [0.5, 0.6) is 0 Å². The van der Waals surface area contributed by atoms with Crippen molar-refractivity contribution < 1.29 is 4.79 Å². The van der Waals surface area contributed by atoms with Gasteiger partial charge in [-0.05, 0) is 50.0 Å². The van der Waals surface area contributed by atoms with Gasteiger partial charge in [0.25, 0.3) is 0 Å². The number of rotatable bonds is 1. The predicted molar refractivity (Wildman–Crippen MR) is 73.1 cm³/mol. The van der Waals surface area contributed by atoms with E-state index in [1.165, 1.54) is 5.56 Å². The second-order valence-electron chi connectivity index (χ2n) is 5.04. The Morgan fingerprint density at radius 3 is 2.89 bits per heavy atom. The average Bonchev–Trinajstić information content (AvgIpc) is 2.82. The summed E-state index contributed by atoms with van der Waals surface area (Å²) in [7, 11) is 0. The highest BCUT2D eigenvalue weighted by Crippen LogP contribution is 2.32. The number of benzene rings is 1. The summed E-state index contributed by atoms with van der Waals surface area (Å²) in [6.45, 7) is 2.71. The van der Waals surface area contributed by atoms with Gasteiger partial charge in [-0.15, -0.1) is 0 Å². The van der Waals surface area contributed by atoms with Gasteiger partial charge in [-0.3, -0.25) is 4.79 Å². The highest BCUT2D eigenvalue weighted by Gasteiger charge is 2.30. The molecule has 1 N–H and O–H groups in total. The summed E-state index contributed by atoms with van der Waals surface area (Å²) < 4.78 is 0. The Bertz CT molecular complexity index is 469. The van der Waals surface area contributed by atoms with Crippen LogP contribution in [0.4, 0.5) is 5.69 Å². The van der Waals surface area contributed by atoms with Crippen LogP contribution < -0.4 is 10.2 Å². The molecule has 96 valence electrons. The van der Waals surface area contributed by atoms with Crippen LogP contribution in [0.25, 0.3) is 0 Å². The van der Waals surface area contributed by atoms with E-state index in [0.717, 1.165) is 44.6 Å². The SMILES string of the molecule is O=C(C1CCNCC1)N1CCc2ccc(Cl)cc21. The molecule has 18 heavy (non-hydrogen) atoms. The minimum Gasteiger partial charge on any atom is -0.317 e. The lowest BCUT2D eigenvalue weighted by Gasteiger charge is -2.27. The topological polar surface area (TPSA) is 32.3 Å². The number of nitrogens with zero attached hydrogens (tertiary/aromatic N) is 1. The number of carbonyl (C=O) groups excluding carboxylic acids is 1. The molecule has 0 spiro atoms. The third kappa shape index (κ3) is 2.13. The number of fused-ring (bicyclic) bond motifs is 1. The van der Waals surface area contributed by atoms with Gasteiger partial charge in [0, 0.05) is 23.2 Å². The molecule has 0 unspecified atom stereocenters. The molecule has 1 aromatic carbocycles. The lowest BCUT2D eigenvalue weighted by Crippen LogP contribution is -2.40. The minimum atomic E-state index is 0.177. The van der Waals surface area contributed by atoms with E-state index in [1.54, 1.807) is 0 Å². The fraction of sp³-hybridized carbons (Fsp3) is 0.500. The zero-order valence-electron chi connectivity index (χ0n) is 10.3. The number of carbonyl (C=O) groups is 1. The fourth-order valence-electron chi connectivity index (χ4n) is 2.87. The van der Waals surface area contributed by atoms with Gasteiger partial charge >= 0.3 is 0 Å². The minimum absolute atomic E-state index is 0.177. The van der Waals surface area contributed by atoms with Crippen LogP contribution in [-0.2, 0) is 11.2 Å². The molecule has 0 atom stereocenters. The van der Waals surface area contributed by atoms with Crippen LogP contribution in [0, 0.1) is 5.92 Å². The first-order chi connectivity index (χ1) is 8.75. The molecule has 0 bridgehead atoms. The zero-order valence-corrected chi connectivity index (χ0v) is 11.0. The molecule has 2 aliphatic rings. The predicted octanol–water partition coefficient (Wildman–Crippen LogP) is 2.23. The Morgan fingerprint density at radius 2 is 2.11 bits per heavy atom. The van der Waals surface area contributed by atoms with Gasteiger partial charge in [-0.2, -0.15) is 0 Å². The van der Waals surface area contributed by atoms with Crippen LogP contribution in [0.1, 0.15) is 18.4 Å². The van der Waals surface area contributed by atoms with Crippen LogP contribution in [0.2, 0.25) is 5.02 Å². The summed E-state index contributed by atoms with van der Waals surface area (Å²) in [5.41, 5.74) is 2.26. The number of anilines is 1. The third-order valence-corrected chi connectivity index (χ3v) is 4.13. The second-order valence-corrected chi connectivity index (χ2v) is 5.47. The molecule has 2 aliphatic heterocycles. The summed E-state index contributed by atoms with van der Waals surface area (Å²) in [5, 5.41) is 4.00. The van der Waals surface area contributed by atoms with Crippen molar-refractivity contribution in [3.8, 4) is 0 Å². The molecule has 0 aromatic heterocycles. The molecule has 0 radical (unpaired) electrons.